The van der Waals surface area contributed by atoms with Crippen LogP contribution >= 0.6 is 0 Å². The van der Waals surface area contributed by atoms with Crippen LogP contribution in [0.1, 0.15) is 78.1 Å². The first-order valence-corrected chi connectivity index (χ1v) is 14.8. The van der Waals surface area contributed by atoms with Crippen LogP contribution in [-0.2, 0) is 38.1 Å². The predicted octanol–water partition coefficient (Wildman–Crippen LogP) is 6.88. The van der Waals surface area contributed by atoms with Crippen LogP contribution in [0.3, 0.4) is 0 Å². The zero-order chi connectivity index (χ0) is 30.1. The summed E-state index contributed by atoms with van der Waals surface area (Å²) in [4.78, 5) is 36.1. The molecule has 0 radical (unpaired) electrons. The fourth-order valence-electron chi connectivity index (χ4n) is 5.16. The molecule has 8 nitrogen and oxygen atoms in total. The Balaban J connectivity index is 1.30. The van der Waals surface area contributed by atoms with Gasteiger partial charge in [-0.15, -0.1) is 0 Å². The Labute approximate surface area is 247 Å². The molecule has 8 heteroatoms. The number of allylic oxidation sites excluding steroid dienone is 11. The number of cyclic esters (lactones) is 1. The highest BCUT2D eigenvalue weighted by Crippen LogP contribution is 2.33. The molecule has 1 aliphatic heterocycles. The molecule has 0 N–H and O–H groups in total. The van der Waals surface area contributed by atoms with Crippen LogP contribution in [0.4, 0.5) is 0 Å². The van der Waals surface area contributed by atoms with E-state index in [0.717, 1.165) is 43.3 Å². The normalized spacial score (nSPS) is 21.7. The van der Waals surface area contributed by atoms with E-state index in [-0.39, 0.29) is 24.1 Å². The zero-order valence-electron chi connectivity index (χ0n) is 24.5. The van der Waals surface area contributed by atoms with Gasteiger partial charge in [0.2, 0.25) is 6.29 Å². The maximum absolute atomic E-state index is 12.8. The van der Waals surface area contributed by atoms with Crippen molar-refractivity contribution in [1.29, 1.82) is 0 Å². The van der Waals surface area contributed by atoms with Crippen molar-refractivity contribution in [3.8, 4) is 0 Å². The molecule has 0 aromatic heterocycles. The number of esters is 3. The van der Waals surface area contributed by atoms with Crippen LogP contribution in [0.2, 0.25) is 0 Å². The Morgan fingerprint density at radius 3 is 2.10 bits per heavy atom. The quantitative estimate of drug-likeness (QED) is 0.101. The van der Waals surface area contributed by atoms with Crippen LogP contribution < -0.4 is 0 Å². The molecule has 3 aliphatic carbocycles. The lowest BCUT2D eigenvalue weighted by atomic mass is 9.90. The minimum atomic E-state index is -0.628. The van der Waals surface area contributed by atoms with Gasteiger partial charge in [0.05, 0.1) is 5.76 Å². The van der Waals surface area contributed by atoms with E-state index in [0.29, 0.717) is 55.4 Å². The summed E-state index contributed by atoms with van der Waals surface area (Å²) >= 11 is 0. The highest BCUT2D eigenvalue weighted by atomic mass is 16.7. The van der Waals surface area contributed by atoms with Crippen molar-refractivity contribution >= 4 is 17.9 Å². The monoisotopic (exact) mass is 576 g/mol. The molecule has 1 saturated heterocycles. The second-order valence-corrected chi connectivity index (χ2v) is 10.7. The largest absolute Gasteiger partial charge is 0.491 e. The van der Waals surface area contributed by atoms with Gasteiger partial charge in [0, 0.05) is 49.3 Å². The number of hydrogen-bond acceptors (Lipinski definition) is 8. The number of carbonyl (C=O) groups excluding carboxylic acids is 3. The van der Waals surface area contributed by atoms with Crippen LogP contribution in [-0.4, -0.2) is 36.4 Å². The van der Waals surface area contributed by atoms with Gasteiger partial charge in [-0.05, 0) is 61.1 Å². The Hall–Kier alpha value is -4.07. The number of carbonyl (C=O) groups is 3. The minimum Gasteiger partial charge on any atom is -0.491 e. The third-order valence-electron chi connectivity index (χ3n) is 7.55. The second-order valence-electron chi connectivity index (χ2n) is 10.7. The van der Waals surface area contributed by atoms with Crippen molar-refractivity contribution < 1.29 is 38.1 Å². The number of ether oxygens (including phenoxy) is 5. The standard InChI is InChI=1S/C34H40O8/c1-5-8-29(30-21-22(4)33(36)41-30)38-26-19-13-25(14-20-26)34(37)40-28-17-11-24(12-18-28)23-9-15-27(16-10-23)39-32(7-3)42-31(35)6-2/h6,9,11,13,15,17,19,29-30,32H,2,4-5,7-8,10,12,14,16,18,20-21H2,1,3H3. The Kier molecular flexibility index (Phi) is 10.8. The first-order valence-electron chi connectivity index (χ1n) is 14.8. The van der Waals surface area contributed by atoms with Gasteiger partial charge in [-0.25, -0.2) is 14.4 Å². The average molecular weight is 577 g/mol. The summed E-state index contributed by atoms with van der Waals surface area (Å²) in [7, 11) is 0. The van der Waals surface area contributed by atoms with Crippen LogP contribution in [0.15, 0.2) is 95.3 Å². The summed E-state index contributed by atoms with van der Waals surface area (Å²) in [6, 6.07) is 0. The lowest BCUT2D eigenvalue weighted by Crippen LogP contribution is -2.29. The summed E-state index contributed by atoms with van der Waals surface area (Å²) < 4.78 is 28.4. The molecule has 224 valence electrons. The fraction of sp³-hybridized carbons (Fsp3) is 0.441. The van der Waals surface area contributed by atoms with Gasteiger partial charge in [0.1, 0.15) is 23.7 Å². The highest BCUT2D eigenvalue weighted by molar-refractivity contribution is 5.90. The van der Waals surface area contributed by atoms with Gasteiger partial charge < -0.3 is 23.7 Å². The Morgan fingerprint density at radius 1 is 0.929 bits per heavy atom. The molecule has 3 unspecified atom stereocenters. The van der Waals surface area contributed by atoms with Crippen LogP contribution in [0.25, 0.3) is 0 Å². The maximum Gasteiger partial charge on any atom is 0.339 e. The van der Waals surface area contributed by atoms with E-state index in [9.17, 15) is 14.4 Å². The summed E-state index contributed by atoms with van der Waals surface area (Å²) in [5.41, 5.74) is 3.50. The summed E-state index contributed by atoms with van der Waals surface area (Å²) in [6.07, 6.45) is 18.1. The topological polar surface area (TPSA) is 97.4 Å². The zero-order valence-corrected chi connectivity index (χ0v) is 24.5. The number of hydrogen-bond donors (Lipinski definition) is 0. The highest BCUT2D eigenvalue weighted by Gasteiger charge is 2.35. The molecule has 0 aromatic rings. The van der Waals surface area contributed by atoms with Crippen molar-refractivity contribution in [3.05, 3.63) is 95.3 Å². The van der Waals surface area contributed by atoms with E-state index in [4.69, 9.17) is 23.7 Å². The van der Waals surface area contributed by atoms with E-state index in [1.54, 1.807) is 6.08 Å². The molecule has 1 fully saturated rings. The summed E-state index contributed by atoms with van der Waals surface area (Å²) in [6.45, 7) is 11.1. The molecule has 1 heterocycles. The summed E-state index contributed by atoms with van der Waals surface area (Å²) in [5, 5.41) is 0. The molecule has 3 atom stereocenters. The van der Waals surface area contributed by atoms with E-state index in [1.807, 2.05) is 37.3 Å². The van der Waals surface area contributed by atoms with Gasteiger partial charge in [-0.1, -0.05) is 45.6 Å². The lowest BCUT2D eigenvalue weighted by Gasteiger charge is -2.26. The molecule has 4 rings (SSSR count). The van der Waals surface area contributed by atoms with Gasteiger partial charge in [-0.2, -0.15) is 0 Å². The van der Waals surface area contributed by atoms with E-state index < -0.39 is 12.3 Å². The van der Waals surface area contributed by atoms with Crippen molar-refractivity contribution in [2.75, 3.05) is 0 Å². The van der Waals surface area contributed by atoms with Crippen molar-refractivity contribution in [2.24, 2.45) is 0 Å². The van der Waals surface area contributed by atoms with Gasteiger partial charge >= 0.3 is 17.9 Å². The lowest BCUT2D eigenvalue weighted by molar-refractivity contribution is -0.166. The molecule has 0 spiro atoms. The van der Waals surface area contributed by atoms with Crippen molar-refractivity contribution in [3.63, 3.8) is 0 Å². The molecular weight excluding hydrogens is 536 g/mol. The number of rotatable bonds is 13. The van der Waals surface area contributed by atoms with E-state index in [2.05, 4.69) is 20.1 Å². The minimum absolute atomic E-state index is 0.233. The van der Waals surface area contributed by atoms with Gasteiger partial charge in [-0.3, -0.25) is 0 Å². The molecule has 0 saturated carbocycles. The fourth-order valence-corrected chi connectivity index (χ4v) is 5.16. The molecule has 4 aliphatic rings. The van der Waals surface area contributed by atoms with Crippen molar-refractivity contribution in [2.45, 2.75) is 96.6 Å². The Morgan fingerprint density at radius 2 is 1.57 bits per heavy atom. The first kappa shape index (κ1) is 30.9. The van der Waals surface area contributed by atoms with Crippen molar-refractivity contribution in [1.82, 2.24) is 0 Å². The van der Waals surface area contributed by atoms with Gasteiger partial charge in [0.15, 0.2) is 0 Å². The van der Waals surface area contributed by atoms with E-state index in [1.165, 1.54) is 11.1 Å². The van der Waals surface area contributed by atoms with Crippen LogP contribution in [0.5, 0.6) is 0 Å². The molecule has 0 bridgehead atoms. The molecule has 0 aromatic carbocycles. The van der Waals surface area contributed by atoms with Gasteiger partial charge in [0.25, 0.3) is 0 Å². The maximum atomic E-state index is 12.8. The molecular formula is C34H40O8. The molecule has 0 amide bonds. The third-order valence-corrected chi connectivity index (χ3v) is 7.55. The second kappa shape index (κ2) is 14.7. The Bertz CT molecular complexity index is 1270. The van der Waals surface area contributed by atoms with E-state index >= 15 is 0 Å². The first-order chi connectivity index (χ1) is 20.3. The average Bonchev–Trinajstić information content (AvgIpc) is 3.35. The van der Waals surface area contributed by atoms with Crippen LogP contribution in [0, 0.1) is 0 Å². The SMILES string of the molecule is C=CC(=O)OC(CC)OC1=CC=C(C2=CC=C(OC(=O)C3=CC=C(OC(CCC)C4CC(=C)C(=O)O4)CC3)CC2)CC1. The third kappa shape index (κ3) is 8.24. The predicted molar refractivity (Wildman–Crippen MR) is 157 cm³/mol. The molecule has 42 heavy (non-hydrogen) atoms. The smallest absolute Gasteiger partial charge is 0.339 e. The summed E-state index contributed by atoms with van der Waals surface area (Å²) in [5.74, 6) is 0.998.